The maximum absolute atomic E-state index is 12.5. The van der Waals surface area contributed by atoms with Gasteiger partial charge in [-0.3, -0.25) is 0 Å². The highest BCUT2D eigenvalue weighted by Crippen LogP contribution is 2.29. The molecule has 1 aromatic carbocycles. The van der Waals surface area contributed by atoms with Gasteiger partial charge in [0.2, 0.25) is 5.82 Å². The number of hydrogen-bond donors (Lipinski definition) is 0. The van der Waals surface area contributed by atoms with Crippen LogP contribution in [0.15, 0.2) is 33.3 Å². The van der Waals surface area contributed by atoms with E-state index in [0.29, 0.717) is 5.56 Å². The summed E-state index contributed by atoms with van der Waals surface area (Å²) in [5.41, 5.74) is 1.10. The largest absolute Gasteiger partial charge is 0.471 e. The van der Waals surface area contributed by atoms with Crippen LogP contribution in [0.25, 0.3) is 11.4 Å². The monoisotopic (exact) mass is 368 g/mol. The molecule has 3 aromatic rings. The molecule has 0 atom stereocenters. The summed E-state index contributed by atoms with van der Waals surface area (Å²) < 4.78 is 51.2. The van der Waals surface area contributed by atoms with Crippen LogP contribution in [0.4, 0.5) is 13.2 Å². The van der Waals surface area contributed by atoms with Gasteiger partial charge in [0.25, 0.3) is 0 Å². The van der Waals surface area contributed by atoms with Gasteiger partial charge in [0, 0.05) is 12.0 Å². The Morgan fingerprint density at radius 2 is 1.85 bits per heavy atom. The van der Waals surface area contributed by atoms with E-state index < -0.39 is 18.0 Å². The van der Waals surface area contributed by atoms with Crippen molar-refractivity contribution in [1.29, 1.82) is 0 Å². The number of alkyl halides is 3. The molecular weight excluding hydrogens is 357 g/mol. The minimum absolute atomic E-state index is 0.173. The molecule has 0 aliphatic heterocycles. The number of carbonyl (C=O) groups is 1. The van der Waals surface area contributed by atoms with Crippen LogP contribution in [0.3, 0.4) is 0 Å². The minimum atomic E-state index is -4.69. The summed E-state index contributed by atoms with van der Waals surface area (Å²) in [6.07, 6.45) is -4.44. The van der Waals surface area contributed by atoms with Crippen LogP contribution in [0.1, 0.15) is 34.9 Å². The molecule has 0 aliphatic rings. The third-order valence-corrected chi connectivity index (χ3v) is 3.16. The zero-order chi connectivity index (χ0) is 18.7. The van der Waals surface area contributed by atoms with Crippen molar-refractivity contribution in [2.45, 2.75) is 19.5 Å². The fourth-order valence-electron chi connectivity index (χ4n) is 2.01. The molecule has 26 heavy (non-hydrogen) atoms. The van der Waals surface area contributed by atoms with Gasteiger partial charge in [-0.2, -0.15) is 23.1 Å². The molecule has 0 spiro atoms. The van der Waals surface area contributed by atoms with Gasteiger partial charge in [-0.1, -0.05) is 34.6 Å². The topological polar surface area (TPSA) is 104 Å². The normalized spacial score (nSPS) is 11.5. The lowest BCUT2D eigenvalue weighted by Crippen LogP contribution is -2.05. The first-order valence-electron chi connectivity index (χ1n) is 7.36. The second kappa shape index (κ2) is 6.94. The van der Waals surface area contributed by atoms with Crippen molar-refractivity contribution in [2.24, 2.45) is 0 Å². The molecule has 0 saturated heterocycles. The highest BCUT2D eigenvalue weighted by atomic mass is 19.4. The number of rotatable bonds is 5. The van der Waals surface area contributed by atoms with Crippen LogP contribution in [-0.2, 0) is 17.3 Å². The Bertz CT molecular complexity index is 902. The molecule has 0 unspecified atom stereocenters. The summed E-state index contributed by atoms with van der Waals surface area (Å²) in [5, 5.41) is 6.98. The predicted octanol–water partition coefficient (Wildman–Crippen LogP) is 2.91. The zero-order valence-electron chi connectivity index (χ0n) is 13.3. The number of halogens is 3. The summed E-state index contributed by atoms with van der Waals surface area (Å²) in [6, 6.07) is 6.35. The quantitative estimate of drug-likeness (QED) is 0.633. The zero-order valence-corrected chi connectivity index (χ0v) is 13.3. The SMILES string of the molecule is CCOC(=O)c1nc(Cc2ccc(-c3noc(C(F)(F)F)n3)cc2)no1. The van der Waals surface area contributed by atoms with Crippen LogP contribution in [0.2, 0.25) is 0 Å². The highest BCUT2D eigenvalue weighted by molar-refractivity contribution is 5.83. The molecule has 2 heterocycles. The number of benzene rings is 1. The Balaban J connectivity index is 1.70. The number of aromatic nitrogens is 4. The smallest absolute Gasteiger partial charge is 0.459 e. The van der Waals surface area contributed by atoms with Gasteiger partial charge in [-0.25, -0.2) is 4.79 Å². The average molecular weight is 368 g/mol. The van der Waals surface area contributed by atoms with Crippen LogP contribution in [0, 0.1) is 0 Å². The molecule has 2 aromatic heterocycles. The first-order valence-corrected chi connectivity index (χ1v) is 7.36. The van der Waals surface area contributed by atoms with Crippen molar-refractivity contribution in [3.63, 3.8) is 0 Å². The van der Waals surface area contributed by atoms with Gasteiger partial charge in [-0.15, -0.1) is 0 Å². The Morgan fingerprint density at radius 3 is 2.46 bits per heavy atom. The first kappa shape index (κ1) is 17.6. The molecule has 136 valence electrons. The van der Waals surface area contributed by atoms with Gasteiger partial charge in [0.05, 0.1) is 6.61 Å². The van der Waals surface area contributed by atoms with Crippen LogP contribution in [0.5, 0.6) is 0 Å². The molecule has 0 radical (unpaired) electrons. The minimum Gasteiger partial charge on any atom is -0.459 e. The fraction of sp³-hybridized carbons (Fsp3) is 0.267. The van der Waals surface area contributed by atoms with Gasteiger partial charge >= 0.3 is 23.9 Å². The van der Waals surface area contributed by atoms with E-state index in [9.17, 15) is 18.0 Å². The second-order valence-corrected chi connectivity index (χ2v) is 5.03. The standard InChI is InChI=1S/C15H11F3N4O4/c1-2-24-13(23)12-19-10(21-25-12)7-8-3-5-9(6-4-8)11-20-14(26-22-11)15(16,17)18/h3-6H,2,7H2,1H3. The molecule has 0 aliphatic carbocycles. The number of carbonyl (C=O) groups excluding carboxylic acids is 1. The molecule has 0 N–H and O–H groups in total. The lowest BCUT2D eigenvalue weighted by atomic mass is 10.1. The van der Waals surface area contributed by atoms with Crippen molar-refractivity contribution in [3.05, 3.63) is 47.4 Å². The average Bonchev–Trinajstić information content (AvgIpc) is 3.25. The summed E-state index contributed by atoms with van der Waals surface area (Å²) >= 11 is 0. The van der Waals surface area contributed by atoms with Gasteiger partial charge in [-0.05, 0) is 12.5 Å². The van der Waals surface area contributed by atoms with E-state index in [1.165, 1.54) is 12.1 Å². The van der Waals surface area contributed by atoms with Crippen molar-refractivity contribution < 1.29 is 31.7 Å². The van der Waals surface area contributed by atoms with Crippen molar-refractivity contribution >= 4 is 5.97 Å². The van der Waals surface area contributed by atoms with E-state index in [4.69, 9.17) is 9.26 Å². The maximum atomic E-state index is 12.5. The molecular formula is C15H11F3N4O4. The Labute approximate surface area is 144 Å². The van der Waals surface area contributed by atoms with Crippen LogP contribution in [-0.4, -0.2) is 32.9 Å². The van der Waals surface area contributed by atoms with E-state index in [1.54, 1.807) is 19.1 Å². The molecule has 3 rings (SSSR count). The summed E-state index contributed by atoms with van der Waals surface area (Å²) in [4.78, 5) is 18.7. The Hall–Kier alpha value is -3.24. The van der Waals surface area contributed by atoms with Crippen molar-refractivity contribution in [2.75, 3.05) is 6.61 Å². The predicted molar refractivity (Wildman–Crippen MR) is 77.8 cm³/mol. The molecule has 0 amide bonds. The summed E-state index contributed by atoms with van der Waals surface area (Å²) in [6.45, 7) is 1.84. The maximum Gasteiger partial charge on any atom is 0.471 e. The van der Waals surface area contributed by atoms with Crippen LogP contribution >= 0.6 is 0 Å². The van der Waals surface area contributed by atoms with Gasteiger partial charge in [0.1, 0.15) is 0 Å². The third-order valence-electron chi connectivity index (χ3n) is 3.16. The third kappa shape index (κ3) is 3.87. The Morgan fingerprint density at radius 1 is 1.12 bits per heavy atom. The lowest BCUT2D eigenvalue weighted by Gasteiger charge is -1.99. The first-order chi connectivity index (χ1) is 12.4. The Kier molecular flexibility index (Phi) is 4.69. The van der Waals surface area contributed by atoms with E-state index in [0.717, 1.165) is 5.56 Å². The van der Waals surface area contributed by atoms with Crippen molar-refractivity contribution in [3.8, 4) is 11.4 Å². The number of esters is 1. The van der Waals surface area contributed by atoms with Gasteiger partial charge in [0.15, 0.2) is 5.82 Å². The second-order valence-electron chi connectivity index (χ2n) is 5.03. The highest BCUT2D eigenvalue weighted by Gasteiger charge is 2.38. The van der Waals surface area contributed by atoms with E-state index >= 15 is 0 Å². The molecule has 11 heteroatoms. The molecule has 0 bridgehead atoms. The fourth-order valence-corrected chi connectivity index (χ4v) is 2.01. The van der Waals surface area contributed by atoms with E-state index in [2.05, 4.69) is 24.8 Å². The van der Waals surface area contributed by atoms with Gasteiger partial charge < -0.3 is 13.8 Å². The van der Waals surface area contributed by atoms with E-state index in [-0.39, 0.29) is 30.6 Å². The number of ether oxygens (including phenoxy) is 1. The molecule has 0 fully saturated rings. The molecule has 8 nitrogen and oxygen atoms in total. The van der Waals surface area contributed by atoms with Crippen molar-refractivity contribution in [1.82, 2.24) is 20.3 Å². The lowest BCUT2D eigenvalue weighted by molar-refractivity contribution is -0.159. The number of nitrogens with zero attached hydrogens (tertiary/aromatic N) is 4. The number of hydrogen-bond acceptors (Lipinski definition) is 8. The van der Waals surface area contributed by atoms with Crippen LogP contribution < -0.4 is 0 Å². The summed E-state index contributed by atoms with van der Waals surface area (Å²) in [5.74, 6) is -2.27. The summed E-state index contributed by atoms with van der Waals surface area (Å²) in [7, 11) is 0. The molecule has 0 saturated carbocycles. The van der Waals surface area contributed by atoms with E-state index in [1.807, 2.05) is 0 Å².